The second-order valence-corrected chi connectivity index (χ2v) is 7.93. The molecule has 0 radical (unpaired) electrons. The fraction of sp³-hybridized carbons (Fsp3) is 0.905. The average molecular weight is 524 g/mol. The number of carbonyl (C=O) groups excluding carboxylic acids is 1. The van der Waals surface area contributed by atoms with Crippen LogP contribution in [0.3, 0.4) is 0 Å². The number of guanidine groups is 1. The average Bonchev–Trinajstić information content (AvgIpc) is 2.68. The molecule has 170 valence electrons. The van der Waals surface area contributed by atoms with Gasteiger partial charge in [-0.2, -0.15) is 0 Å². The molecule has 7 nitrogen and oxygen atoms in total. The van der Waals surface area contributed by atoms with Gasteiger partial charge in [0.15, 0.2) is 5.96 Å². The summed E-state index contributed by atoms with van der Waals surface area (Å²) in [6, 6.07) is 0.413. The van der Waals surface area contributed by atoms with Gasteiger partial charge < -0.3 is 20.3 Å². The third-order valence-electron chi connectivity index (χ3n) is 6.63. The van der Waals surface area contributed by atoms with Crippen LogP contribution < -0.4 is 10.6 Å². The Morgan fingerprint density at radius 2 is 1.79 bits per heavy atom. The van der Waals surface area contributed by atoms with Gasteiger partial charge >= 0.3 is 0 Å². The van der Waals surface area contributed by atoms with Crippen LogP contribution in [-0.2, 0) is 9.53 Å². The number of hydrogen-bond acceptors (Lipinski definition) is 4. The molecule has 0 aromatic carbocycles. The Labute approximate surface area is 194 Å². The van der Waals surface area contributed by atoms with Gasteiger partial charge in [-0.3, -0.25) is 14.7 Å². The SMILES string of the molecule is CCNC(=NCCN1CCN(C(C)=O)CC1)NC1CC(OCC)C1(CC)CC.I. The molecule has 1 saturated carbocycles. The topological polar surface area (TPSA) is 69.2 Å². The van der Waals surface area contributed by atoms with Gasteiger partial charge in [-0.15, -0.1) is 24.0 Å². The minimum Gasteiger partial charge on any atom is -0.378 e. The molecule has 2 rings (SSSR count). The van der Waals surface area contributed by atoms with E-state index in [1.165, 1.54) is 0 Å². The van der Waals surface area contributed by atoms with Crippen molar-refractivity contribution in [1.29, 1.82) is 0 Å². The Morgan fingerprint density at radius 1 is 1.14 bits per heavy atom. The van der Waals surface area contributed by atoms with Crippen molar-refractivity contribution in [3.8, 4) is 0 Å². The van der Waals surface area contributed by atoms with Crippen LogP contribution in [0.5, 0.6) is 0 Å². The minimum atomic E-state index is 0. The van der Waals surface area contributed by atoms with E-state index in [0.717, 1.165) is 77.6 Å². The molecule has 1 saturated heterocycles. The second-order valence-electron chi connectivity index (χ2n) is 7.93. The van der Waals surface area contributed by atoms with E-state index in [-0.39, 0.29) is 35.3 Å². The van der Waals surface area contributed by atoms with Gasteiger partial charge in [0.1, 0.15) is 0 Å². The summed E-state index contributed by atoms with van der Waals surface area (Å²) in [6.07, 6.45) is 3.63. The smallest absolute Gasteiger partial charge is 0.219 e. The van der Waals surface area contributed by atoms with E-state index in [9.17, 15) is 4.79 Å². The van der Waals surface area contributed by atoms with Crippen molar-refractivity contribution < 1.29 is 9.53 Å². The first-order valence-corrected chi connectivity index (χ1v) is 11.1. The summed E-state index contributed by atoms with van der Waals surface area (Å²) < 4.78 is 6.00. The van der Waals surface area contributed by atoms with Gasteiger partial charge in [0.25, 0.3) is 0 Å². The lowest BCUT2D eigenvalue weighted by atomic mass is 9.58. The van der Waals surface area contributed by atoms with Crippen LogP contribution >= 0.6 is 24.0 Å². The lowest BCUT2D eigenvalue weighted by Gasteiger charge is -2.55. The van der Waals surface area contributed by atoms with E-state index >= 15 is 0 Å². The molecule has 0 bridgehead atoms. The number of halogens is 1. The largest absolute Gasteiger partial charge is 0.378 e. The molecule has 1 amide bonds. The summed E-state index contributed by atoms with van der Waals surface area (Å²) in [7, 11) is 0. The quantitative estimate of drug-likeness (QED) is 0.276. The highest BCUT2D eigenvalue weighted by Crippen LogP contribution is 2.48. The Morgan fingerprint density at radius 3 is 2.31 bits per heavy atom. The van der Waals surface area contributed by atoms with E-state index < -0.39 is 0 Å². The van der Waals surface area contributed by atoms with Gasteiger partial charge in [0.05, 0.1) is 12.6 Å². The maximum absolute atomic E-state index is 11.4. The molecular weight excluding hydrogens is 481 g/mol. The zero-order chi connectivity index (χ0) is 20.6. The molecule has 1 aliphatic carbocycles. The Kier molecular flexibility index (Phi) is 11.8. The van der Waals surface area contributed by atoms with Crippen molar-refractivity contribution in [2.45, 2.75) is 66.0 Å². The van der Waals surface area contributed by atoms with Gasteiger partial charge in [-0.05, 0) is 33.1 Å². The van der Waals surface area contributed by atoms with Gasteiger partial charge in [0, 0.05) is 64.3 Å². The number of nitrogens with zero attached hydrogens (tertiary/aromatic N) is 3. The Balaban J connectivity index is 0.00000420. The van der Waals surface area contributed by atoms with Crippen molar-refractivity contribution in [1.82, 2.24) is 20.4 Å². The molecule has 0 aromatic rings. The first-order valence-electron chi connectivity index (χ1n) is 11.1. The molecule has 2 atom stereocenters. The number of nitrogens with one attached hydrogen (secondary N) is 2. The predicted molar refractivity (Wildman–Crippen MR) is 130 cm³/mol. The van der Waals surface area contributed by atoms with Crippen molar-refractivity contribution in [2.24, 2.45) is 10.4 Å². The number of hydrogen-bond donors (Lipinski definition) is 2. The molecular formula is C21H42IN5O2. The van der Waals surface area contributed by atoms with Crippen LogP contribution in [0.25, 0.3) is 0 Å². The van der Waals surface area contributed by atoms with E-state index in [4.69, 9.17) is 9.73 Å². The zero-order valence-electron chi connectivity index (χ0n) is 19.0. The Hall–Kier alpha value is -0.610. The third-order valence-corrected chi connectivity index (χ3v) is 6.63. The maximum Gasteiger partial charge on any atom is 0.219 e. The standard InChI is InChI=1S/C21H41N5O2.HI/c1-6-21(7-2)18(16-19(21)28-9-4)24-20(22-8-3)23-10-11-25-12-14-26(15-13-25)17(5)27;/h18-19H,6-16H2,1-5H3,(H2,22,23,24);1H. The monoisotopic (exact) mass is 523 g/mol. The van der Waals surface area contributed by atoms with E-state index in [0.29, 0.717) is 12.1 Å². The fourth-order valence-corrected chi connectivity index (χ4v) is 4.66. The fourth-order valence-electron chi connectivity index (χ4n) is 4.66. The summed E-state index contributed by atoms with van der Waals surface area (Å²) in [4.78, 5) is 20.6. The Bertz CT molecular complexity index is 519. The van der Waals surface area contributed by atoms with Crippen LogP contribution in [0, 0.1) is 5.41 Å². The first-order chi connectivity index (χ1) is 13.5. The van der Waals surface area contributed by atoms with Crippen LogP contribution in [0.2, 0.25) is 0 Å². The highest BCUT2D eigenvalue weighted by Gasteiger charge is 2.53. The molecule has 0 aromatic heterocycles. The van der Waals surface area contributed by atoms with Gasteiger partial charge in [-0.25, -0.2) is 0 Å². The van der Waals surface area contributed by atoms with E-state index in [2.05, 4.69) is 43.2 Å². The highest BCUT2D eigenvalue weighted by molar-refractivity contribution is 14.0. The zero-order valence-corrected chi connectivity index (χ0v) is 21.3. The molecule has 1 aliphatic heterocycles. The third kappa shape index (κ3) is 6.69. The summed E-state index contributed by atoms with van der Waals surface area (Å²) in [5.74, 6) is 1.09. The number of aliphatic imine (C=N–C) groups is 1. The minimum absolute atomic E-state index is 0. The van der Waals surface area contributed by atoms with E-state index in [1.54, 1.807) is 6.92 Å². The molecule has 1 heterocycles. The molecule has 29 heavy (non-hydrogen) atoms. The molecule has 2 fully saturated rings. The van der Waals surface area contributed by atoms with Crippen molar-refractivity contribution in [2.75, 3.05) is 52.4 Å². The molecule has 2 aliphatic rings. The maximum atomic E-state index is 11.4. The number of rotatable bonds is 9. The van der Waals surface area contributed by atoms with Crippen molar-refractivity contribution >= 4 is 35.8 Å². The number of ether oxygens (including phenoxy) is 1. The number of carbonyl (C=O) groups is 1. The second kappa shape index (κ2) is 12.9. The lowest BCUT2D eigenvalue weighted by molar-refractivity contribution is -0.133. The van der Waals surface area contributed by atoms with Crippen molar-refractivity contribution in [3.05, 3.63) is 0 Å². The molecule has 2 unspecified atom stereocenters. The number of amides is 1. The van der Waals surface area contributed by atoms with Crippen LogP contribution in [0.4, 0.5) is 0 Å². The van der Waals surface area contributed by atoms with Crippen LogP contribution in [0.15, 0.2) is 4.99 Å². The molecule has 0 spiro atoms. The van der Waals surface area contributed by atoms with Crippen LogP contribution in [0.1, 0.15) is 53.9 Å². The molecule has 2 N–H and O–H groups in total. The summed E-state index contributed by atoms with van der Waals surface area (Å²) in [6.45, 7) is 17.2. The lowest BCUT2D eigenvalue weighted by Crippen LogP contribution is -2.65. The highest BCUT2D eigenvalue weighted by atomic mass is 127. The molecule has 8 heteroatoms. The number of piperazine rings is 1. The first kappa shape index (κ1) is 26.4. The van der Waals surface area contributed by atoms with Gasteiger partial charge in [0.2, 0.25) is 5.91 Å². The van der Waals surface area contributed by atoms with E-state index in [1.807, 2.05) is 4.90 Å². The van der Waals surface area contributed by atoms with Gasteiger partial charge in [-0.1, -0.05) is 13.8 Å². The summed E-state index contributed by atoms with van der Waals surface area (Å²) in [5, 5.41) is 7.08. The predicted octanol–water partition coefficient (Wildman–Crippen LogP) is 2.31. The van der Waals surface area contributed by atoms with Crippen LogP contribution in [-0.4, -0.2) is 86.2 Å². The summed E-state index contributed by atoms with van der Waals surface area (Å²) in [5.41, 5.74) is 0.204. The normalized spacial score (nSPS) is 24.4. The van der Waals surface area contributed by atoms with Crippen molar-refractivity contribution in [3.63, 3.8) is 0 Å². The summed E-state index contributed by atoms with van der Waals surface area (Å²) >= 11 is 0.